The molecule has 0 bridgehead atoms. The van der Waals surface area contributed by atoms with Crippen LogP contribution in [0, 0.1) is 0 Å². The smallest absolute Gasteiger partial charge is 0.381 e. The predicted molar refractivity (Wildman–Crippen MR) is 95.4 cm³/mol. The van der Waals surface area contributed by atoms with Crippen molar-refractivity contribution in [2.24, 2.45) is 0 Å². The third-order valence-corrected chi connectivity index (χ3v) is 4.65. The Balaban J connectivity index is 0.00000126. The van der Waals surface area contributed by atoms with Crippen LogP contribution in [0.1, 0.15) is 45.6 Å². The van der Waals surface area contributed by atoms with Crippen LogP contribution in [0.5, 0.6) is 0 Å². The summed E-state index contributed by atoms with van der Waals surface area (Å²) in [5.74, 6) is 0.353. The van der Waals surface area contributed by atoms with E-state index in [9.17, 15) is 18.0 Å². The van der Waals surface area contributed by atoms with E-state index < -0.39 is 11.7 Å². The molecule has 0 spiro atoms. The zero-order chi connectivity index (χ0) is 20.0. The maximum atomic E-state index is 12.6. The van der Waals surface area contributed by atoms with Gasteiger partial charge in [-0.2, -0.15) is 13.2 Å². The minimum Gasteiger partial charge on any atom is -0.381 e. The number of rotatable bonds is 6. The maximum Gasteiger partial charge on any atom is 0.419 e. The van der Waals surface area contributed by atoms with Crippen molar-refractivity contribution in [3.05, 3.63) is 18.0 Å². The van der Waals surface area contributed by atoms with Crippen LogP contribution < -0.4 is 4.90 Å². The highest BCUT2D eigenvalue weighted by molar-refractivity contribution is 5.78. The summed E-state index contributed by atoms with van der Waals surface area (Å²) in [7, 11) is 0. The van der Waals surface area contributed by atoms with Gasteiger partial charge in [0.25, 0.3) is 0 Å². The highest BCUT2D eigenvalue weighted by Gasteiger charge is 2.49. The van der Waals surface area contributed by atoms with E-state index in [1.807, 2.05) is 30.6 Å². The number of halogens is 3. The van der Waals surface area contributed by atoms with Crippen LogP contribution in [-0.2, 0) is 15.7 Å². The second-order valence-corrected chi connectivity index (χ2v) is 6.29. The first-order valence-electron chi connectivity index (χ1n) is 9.45. The Labute approximate surface area is 157 Å². The molecule has 2 saturated heterocycles. The highest BCUT2D eigenvalue weighted by atomic mass is 19.4. The van der Waals surface area contributed by atoms with Gasteiger partial charge in [0.15, 0.2) is 0 Å². The number of fused-ring (bicyclic) bond motifs is 1. The maximum absolute atomic E-state index is 12.6. The first-order chi connectivity index (χ1) is 12.9. The molecule has 2 fully saturated rings. The summed E-state index contributed by atoms with van der Waals surface area (Å²) in [6.45, 7) is 8.28. The molecule has 1 aromatic heterocycles. The normalized spacial score (nSPS) is 21.3. The van der Waals surface area contributed by atoms with Crippen LogP contribution in [0.3, 0.4) is 0 Å². The van der Waals surface area contributed by atoms with Gasteiger partial charge in [0.2, 0.25) is 11.9 Å². The lowest BCUT2D eigenvalue weighted by molar-refractivity contribution is -0.140. The van der Waals surface area contributed by atoms with Gasteiger partial charge in [0.1, 0.15) is 0 Å². The van der Waals surface area contributed by atoms with Crippen LogP contribution in [-0.4, -0.2) is 59.2 Å². The van der Waals surface area contributed by atoms with Gasteiger partial charge >= 0.3 is 6.18 Å². The molecule has 9 heteroatoms. The van der Waals surface area contributed by atoms with Gasteiger partial charge in [-0.15, -0.1) is 0 Å². The Kier molecular flexibility index (Phi) is 7.41. The lowest BCUT2D eigenvalue weighted by Crippen LogP contribution is -2.64. The zero-order valence-electron chi connectivity index (χ0n) is 16.0. The number of hydrogen-bond donors (Lipinski definition) is 0. The fourth-order valence-corrected chi connectivity index (χ4v) is 3.32. The minimum atomic E-state index is -4.44. The SMILES string of the molecule is CC.CCCOCCC(=O)N1C[C@@H]2[C@H]1CCN2c1ncc(C(F)(F)F)cn1. The van der Waals surface area contributed by atoms with E-state index in [-0.39, 0.29) is 18.0 Å². The average molecular weight is 388 g/mol. The van der Waals surface area contributed by atoms with Gasteiger partial charge in [-0.05, 0) is 12.8 Å². The Morgan fingerprint density at radius 1 is 1.22 bits per heavy atom. The van der Waals surface area contributed by atoms with E-state index in [1.54, 1.807) is 0 Å². The summed E-state index contributed by atoms with van der Waals surface area (Å²) in [6, 6.07) is 0.168. The lowest BCUT2D eigenvalue weighted by atomic mass is 9.96. The average Bonchev–Trinajstić information content (AvgIpc) is 2.96. The van der Waals surface area contributed by atoms with E-state index in [2.05, 4.69) is 9.97 Å². The van der Waals surface area contributed by atoms with Crippen LogP contribution in [0.15, 0.2) is 12.4 Å². The van der Waals surface area contributed by atoms with Crippen LogP contribution in [0.4, 0.5) is 19.1 Å². The van der Waals surface area contributed by atoms with E-state index in [4.69, 9.17) is 4.74 Å². The molecule has 1 aromatic rings. The third kappa shape index (κ3) is 4.88. The summed E-state index contributed by atoms with van der Waals surface area (Å²) in [4.78, 5) is 23.6. The summed E-state index contributed by atoms with van der Waals surface area (Å²) < 4.78 is 43.1. The number of amides is 1. The van der Waals surface area contributed by atoms with Crippen LogP contribution in [0.2, 0.25) is 0 Å². The number of likely N-dealkylation sites (tertiary alicyclic amines) is 1. The van der Waals surface area contributed by atoms with Gasteiger partial charge in [-0.3, -0.25) is 4.79 Å². The lowest BCUT2D eigenvalue weighted by Gasteiger charge is -2.46. The van der Waals surface area contributed by atoms with Crippen molar-refractivity contribution in [3.8, 4) is 0 Å². The van der Waals surface area contributed by atoms with Gasteiger partial charge < -0.3 is 14.5 Å². The molecule has 3 heterocycles. The number of carbonyl (C=O) groups excluding carboxylic acids is 1. The molecule has 152 valence electrons. The number of hydrogen-bond acceptors (Lipinski definition) is 5. The molecule has 0 saturated carbocycles. The second-order valence-electron chi connectivity index (χ2n) is 6.29. The number of ether oxygens (including phenoxy) is 1. The summed E-state index contributed by atoms with van der Waals surface area (Å²) in [5, 5.41) is 0. The first kappa shape index (κ1) is 21.4. The standard InChI is InChI=1S/C16H21F3N4O2.C2H6/c1-2-6-25-7-4-14(24)23-10-13-12(23)3-5-22(13)15-20-8-11(9-21-15)16(17,18)19;1-2/h8-9,12-13H,2-7,10H2,1H3;1-2H3/t12-,13-;/m1./s1. The van der Waals surface area contributed by atoms with Crippen LogP contribution >= 0.6 is 0 Å². The van der Waals surface area contributed by atoms with Crippen molar-refractivity contribution in [2.75, 3.05) is 31.2 Å². The summed E-state index contributed by atoms with van der Waals surface area (Å²) in [5.41, 5.74) is -0.857. The van der Waals surface area contributed by atoms with Crippen molar-refractivity contribution < 1.29 is 22.7 Å². The Hall–Kier alpha value is -1.90. The van der Waals surface area contributed by atoms with Gasteiger partial charge in [0.05, 0.1) is 30.7 Å². The van der Waals surface area contributed by atoms with Gasteiger partial charge in [-0.25, -0.2) is 9.97 Å². The Bertz CT molecular complexity index is 610. The quantitative estimate of drug-likeness (QED) is 0.701. The van der Waals surface area contributed by atoms with Crippen molar-refractivity contribution in [1.82, 2.24) is 14.9 Å². The molecule has 0 N–H and O–H groups in total. The Morgan fingerprint density at radius 3 is 2.48 bits per heavy atom. The number of aromatic nitrogens is 2. The van der Waals surface area contributed by atoms with E-state index in [0.29, 0.717) is 38.7 Å². The summed E-state index contributed by atoms with van der Waals surface area (Å²) >= 11 is 0. The molecule has 2 aliphatic heterocycles. The third-order valence-electron chi connectivity index (χ3n) is 4.65. The fraction of sp³-hybridized carbons (Fsp3) is 0.722. The molecule has 2 atom stereocenters. The molecule has 3 rings (SSSR count). The van der Waals surface area contributed by atoms with Gasteiger partial charge in [-0.1, -0.05) is 20.8 Å². The molecule has 0 radical (unpaired) electrons. The molecule has 0 aliphatic carbocycles. The Morgan fingerprint density at radius 2 is 1.89 bits per heavy atom. The molecule has 0 aromatic carbocycles. The minimum absolute atomic E-state index is 0.0625. The monoisotopic (exact) mass is 388 g/mol. The number of carbonyl (C=O) groups is 1. The summed E-state index contributed by atoms with van der Waals surface area (Å²) in [6.07, 6.45) is -0.766. The molecule has 27 heavy (non-hydrogen) atoms. The first-order valence-corrected chi connectivity index (χ1v) is 9.45. The zero-order valence-corrected chi connectivity index (χ0v) is 16.0. The molecule has 2 aliphatic rings. The van der Waals surface area contributed by atoms with E-state index in [1.165, 1.54) is 0 Å². The van der Waals surface area contributed by atoms with Crippen molar-refractivity contribution >= 4 is 11.9 Å². The number of alkyl halides is 3. The fourth-order valence-electron chi connectivity index (χ4n) is 3.32. The molecule has 1 amide bonds. The second kappa shape index (κ2) is 9.34. The topological polar surface area (TPSA) is 58.6 Å². The van der Waals surface area contributed by atoms with Gasteiger partial charge in [0, 0.05) is 32.1 Å². The van der Waals surface area contributed by atoms with Crippen molar-refractivity contribution in [1.29, 1.82) is 0 Å². The van der Waals surface area contributed by atoms with E-state index >= 15 is 0 Å². The molecular formula is C18H27F3N4O2. The van der Waals surface area contributed by atoms with Crippen LogP contribution in [0.25, 0.3) is 0 Å². The van der Waals surface area contributed by atoms with E-state index in [0.717, 1.165) is 25.2 Å². The predicted octanol–water partition coefficient (Wildman–Crippen LogP) is 3.13. The van der Waals surface area contributed by atoms with Crippen molar-refractivity contribution in [2.45, 2.75) is 58.3 Å². The molecular weight excluding hydrogens is 361 g/mol. The number of anilines is 1. The molecule has 6 nitrogen and oxygen atoms in total. The highest BCUT2D eigenvalue weighted by Crippen LogP contribution is 2.35. The van der Waals surface area contributed by atoms with Crippen molar-refractivity contribution in [3.63, 3.8) is 0 Å². The number of nitrogens with zero attached hydrogens (tertiary/aromatic N) is 4. The largest absolute Gasteiger partial charge is 0.419 e. The molecule has 0 unspecified atom stereocenters.